The SMILES string of the molecule is COc1ccc(Nc2cc(C)nc(Nc3ccccc3C)n2)cc1. The van der Waals surface area contributed by atoms with E-state index in [1.165, 1.54) is 0 Å². The Kier molecular flexibility index (Phi) is 4.61. The number of aryl methyl sites for hydroxylation is 2. The molecule has 0 aliphatic rings. The third kappa shape index (κ3) is 3.81. The van der Waals surface area contributed by atoms with Gasteiger partial charge in [-0.2, -0.15) is 4.98 Å². The zero-order valence-electron chi connectivity index (χ0n) is 14.0. The second-order valence-electron chi connectivity index (χ2n) is 5.51. The number of benzene rings is 2. The maximum Gasteiger partial charge on any atom is 0.229 e. The maximum absolute atomic E-state index is 5.17. The van der Waals surface area contributed by atoms with Crippen molar-refractivity contribution in [1.29, 1.82) is 0 Å². The molecule has 1 aromatic heterocycles. The number of anilines is 4. The van der Waals surface area contributed by atoms with Crippen LogP contribution >= 0.6 is 0 Å². The minimum absolute atomic E-state index is 0.570. The van der Waals surface area contributed by atoms with E-state index in [4.69, 9.17) is 4.74 Å². The number of methoxy groups -OCH3 is 1. The zero-order valence-corrected chi connectivity index (χ0v) is 14.0. The Morgan fingerprint density at radius 2 is 1.62 bits per heavy atom. The predicted octanol–water partition coefficient (Wildman–Crippen LogP) is 4.59. The Morgan fingerprint density at radius 3 is 2.33 bits per heavy atom. The number of hydrogen-bond donors (Lipinski definition) is 2. The number of rotatable bonds is 5. The van der Waals surface area contributed by atoms with Crippen LogP contribution in [0.2, 0.25) is 0 Å². The normalized spacial score (nSPS) is 10.3. The molecule has 0 radical (unpaired) electrons. The molecule has 0 amide bonds. The molecule has 0 aliphatic heterocycles. The van der Waals surface area contributed by atoms with E-state index in [0.29, 0.717) is 5.95 Å². The van der Waals surface area contributed by atoms with Crippen molar-refractivity contribution in [2.24, 2.45) is 0 Å². The summed E-state index contributed by atoms with van der Waals surface area (Å²) in [5.74, 6) is 2.13. The van der Waals surface area contributed by atoms with Gasteiger partial charge in [0.15, 0.2) is 0 Å². The van der Waals surface area contributed by atoms with Gasteiger partial charge in [-0.3, -0.25) is 0 Å². The van der Waals surface area contributed by atoms with Crippen LogP contribution in [0.4, 0.5) is 23.1 Å². The van der Waals surface area contributed by atoms with Gasteiger partial charge in [-0.05, 0) is 49.7 Å². The van der Waals surface area contributed by atoms with Gasteiger partial charge in [0, 0.05) is 23.1 Å². The quantitative estimate of drug-likeness (QED) is 0.720. The molecule has 0 saturated carbocycles. The van der Waals surface area contributed by atoms with Crippen LogP contribution in [0.1, 0.15) is 11.3 Å². The summed E-state index contributed by atoms with van der Waals surface area (Å²) < 4.78 is 5.17. The van der Waals surface area contributed by atoms with Crippen LogP contribution in [-0.2, 0) is 0 Å². The molecule has 0 spiro atoms. The van der Waals surface area contributed by atoms with E-state index in [9.17, 15) is 0 Å². The van der Waals surface area contributed by atoms with Gasteiger partial charge in [0.25, 0.3) is 0 Å². The summed E-state index contributed by atoms with van der Waals surface area (Å²) in [5, 5.41) is 6.57. The number of para-hydroxylation sites is 1. The molecule has 0 aliphatic carbocycles. The molecular weight excluding hydrogens is 300 g/mol. The van der Waals surface area contributed by atoms with Crippen molar-refractivity contribution in [2.45, 2.75) is 13.8 Å². The largest absolute Gasteiger partial charge is 0.497 e. The first kappa shape index (κ1) is 15.8. The molecule has 0 unspecified atom stereocenters. The van der Waals surface area contributed by atoms with Crippen LogP contribution in [0.3, 0.4) is 0 Å². The lowest BCUT2D eigenvalue weighted by Crippen LogP contribution is -2.03. The Balaban J connectivity index is 1.81. The van der Waals surface area contributed by atoms with E-state index >= 15 is 0 Å². The molecule has 3 aromatic rings. The molecule has 5 heteroatoms. The summed E-state index contributed by atoms with van der Waals surface area (Å²) in [5.41, 5.74) is 3.97. The van der Waals surface area contributed by atoms with Crippen LogP contribution in [0.25, 0.3) is 0 Å². The second-order valence-corrected chi connectivity index (χ2v) is 5.51. The summed E-state index contributed by atoms with van der Waals surface area (Å²) in [6.07, 6.45) is 0. The second kappa shape index (κ2) is 7.00. The number of nitrogens with zero attached hydrogens (tertiary/aromatic N) is 2. The van der Waals surface area contributed by atoms with Crippen molar-refractivity contribution >= 4 is 23.1 Å². The Bertz CT molecular complexity index is 831. The van der Waals surface area contributed by atoms with Gasteiger partial charge >= 0.3 is 0 Å². The van der Waals surface area contributed by atoms with Crippen LogP contribution in [0, 0.1) is 13.8 Å². The fourth-order valence-corrected chi connectivity index (χ4v) is 2.34. The highest BCUT2D eigenvalue weighted by Crippen LogP contribution is 2.22. The molecule has 0 atom stereocenters. The highest BCUT2D eigenvalue weighted by atomic mass is 16.5. The van der Waals surface area contributed by atoms with Gasteiger partial charge in [0.05, 0.1) is 7.11 Å². The fraction of sp³-hybridized carbons (Fsp3) is 0.158. The lowest BCUT2D eigenvalue weighted by molar-refractivity contribution is 0.415. The van der Waals surface area contributed by atoms with Crippen LogP contribution in [0.5, 0.6) is 5.75 Å². The molecule has 1 heterocycles. The average molecular weight is 320 g/mol. The number of ether oxygens (including phenoxy) is 1. The van der Waals surface area contributed by atoms with Gasteiger partial charge in [-0.1, -0.05) is 18.2 Å². The van der Waals surface area contributed by atoms with Crippen LogP contribution < -0.4 is 15.4 Å². The third-order valence-corrected chi connectivity index (χ3v) is 3.61. The molecule has 2 aromatic carbocycles. The van der Waals surface area contributed by atoms with E-state index in [1.54, 1.807) is 7.11 Å². The van der Waals surface area contributed by atoms with E-state index in [1.807, 2.05) is 55.5 Å². The van der Waals surface area contributed by atoms with E-state index in [-0.39, 0.29) is 0 Å². The van der Waals surface area contributed by atoms with Gasteiger partial charge < -0.3 is 15.4 Å². The lowest BCUT2D eigenvalue weighted by Gasteiger charge is -2.11. The molecule has 122 valence electrons. The van der Waals surface area contributed by atoms with E-state index in [2.05, 4.69) is 33.6 Å². The average Bonchev–Trinajstić information content (AvgIpc) is 2.57. The molecule has 3 rings (SSSR count). The van der Waals surface area contributed by atoms with Crippen molar-refractivity contribution in [3.8, 4) is 5.75 Å². The number of hydrogen-bond acceptors (Lipinski definition) is 5. The maximum atomic E-state index is 5.17. The molecular formula is C19H20N4O. The number of aromatic nitrogens is 2. The first-order valence-corrected chi connectivity index (χ1v) is 7.73. The summed E-state index contributed by atoms with van der Waals surface area (Å²) in [6.45, 7) is 4.00. The van der Waals surface area contributed by atoms with E-state index in [0.717, 1.165) is 34.2 Å². The van der Waals surface area contributed by atoms with E-state index < -0.39 is 0 Å². The molecule has 24 heavy (non-hydrogen) atoms. The smallest absolute Gasteiger partial charge is 0.229 e. The highest BCUT2D eigenvalue weighted by Gasteiger charge is 2.05. The summed E-state index contributed by atoms with van der Waals surface area (Å²) in [6, 6.07) is 17.7. The molecule has 2 N–H and O–H groups in total. The van der Waals surface area contributed by atoms with Crippen LogP contribution in [0.15, 0.2) is 54.6 Å². The predicted molar refractivity (Wildman–Crippen MR) is 97.5 cm³/mol. The first-order chi connectivity index (χ1) is 11.6. The Morgan fingerprint density at radius 1 is 0.875 bits per heavy atom. The van der Waals surface area contributed by atoms with Gasteiger partial charge in [0.1, 0.15) is 11.6 Å². The van der Waals surface area contributed by atoms with Crippen molar-refractivity contribution in [3.63, 3.8) is 0 Å². The van der Waals surface area contributed by atoms with Crippen LogP contribution in [-0.4, -0.2) is 17.1 Å². The Hall–Kier alpha value is -3.08. The van der Waals surface area contributed by atoms with Crippen molar-refractivity contribution in [1.82, 2.24) is 9.97 Å². The summed E-state index contributed by atoms with van der Waals surface area (Å²) >= 11 is 0. The fourth-order valence-electron chi connectivity index (χ4n) is 2.34. The molecule has 0 bridgehead atoms. The minimum atomic E-state index is 0.570. The van der Waals surface area contributed by atoms with Gasteiger partial charge in [0.2, 0.25) is 5.95 Å². The van der Waals surface area contributed by atoms with Crippen molar-refractivity contribution in [3.05, 3.63) is 65.9 Å². The molecule has 0 saturated heterocycles. The minimum Gasteiger partial charge on any atom is -0.497 e. The van der Waals surface area contributed by atoms with Crippen molar-refractivity contribution in [2.75, 3.05) is 17.7 Å². The monoisotopic (exact) mass is 320 g/mol. The highest BCUT2D eigenvalue weighted by molar-refractivity contribution is 5.62. The first-order valence-electron chi connectivity index (χ1n) is 7.73. The Labute approximate surface area is 141 Å². The van der Waals surface area contributed by atoms with Gasteiger partial charge in [-0.25, -0.2) is 4.98 Å². The van der Waals surface area contributed by atoms with Crippen molar-refractivity contribution < 1.29 is 4.74 Å². The summed E-state index contributed by atoms with van der Waals surface area (Å²) in [4.78, 5) is 9.00. The molecule has 5 nitrogen and oxygen atoms in total. The zero-order chi connectivity index (χ0) is 16.9. The third-order valence-electron chi connectivity index (χ3n) is 3.61. The summed E-state index contributed by atoms with van der Waals surface area (Å²) in [7, 11) is 1.65. The van der Waals surface area contributed by atoms with Gasteiger partial charge in [-0.15, -0.1) is 0 Å². The standard InChI is InChI=1S/C19H20N4O/c1-13-6-4-5-7-17(13)22-19-20-14(2)12-18(23-19)21-15-8-10-16(24-3)11-9-15/h4-12H,1-3H3,(H2,20,21,22,23). The topological polar surface area (TPSA) is 59.1 Å². The lowest BCUT2D eigenvalue weighted by atomic mass is 10.2. The number of nitrogens with one attached hydrogen (secondary N) is 2. The molecule has 0 fully saturated rings.